The van der Waals surface area contributed by atoms with Gasteiger partial charge in [0.05, 0.1) is 10.3 Å². The number of nitrogens with zero attached hydrogens (tertiary/aromatic N) is 1. The van der Waals surface area contributed by atoms with E-state index in [1.54, 1.807) is 0 Å². The van der Waals surface area contributed by atoms with E-state index < -0.39 is 11.6 Å². The lowest BCUT2D eigenvalue weighted by Crippen LogP contribution is -2.04. The zero-order valence-corrected chi connectivity index (χ0v) is 8.40. The Kier molecular flexibility index (Phi) is 2.98. The predicted molar refractivity (Wildman–Crippen MR) is 51.0 cm³/mol. The second-order valence-electron chi connectivity index (χ2n) is 2.47. The molecule has 70 valence electrons. The van der Waals surface area contributed by atoms with Crippen LogP contribution in [0.4, 0.5) is 14.5 Å². The molecular formula is C8H7BrF2N2. The first-order valence-electron chi connectivity index (χ1n) is 3.46. The van der Waals surface area contributed by atoms with Crippen molar-refractivity contribution in [3.63, 3.8) is 0 Å². The van der Waals surface area contributed by atoms with Crippen molar-refractivity contribution in [2.24, 2.45) is 10.7 Å². The van der Waals surface area contributed by atoms with Gasteiger partial charge in [-0.1, -0.05) is 0 Å². The molecule has 1 aromatic carbocycles. The molecule has 13 heavy (non-hydrogen) atoms. The standard InChI is InChI=1S/C8H7BrF2N2/c1-4(12)13-8-2-5(9)6(10)3-7(8)11/h2-3H,1H3,(H2,12,13). The molecule has 2 N–H and O–H groups in total. The van der Waals surface area contributed by atoms with Crippen LogP contribution in [0.5, 0.6) is 0 Å². The van der Waals surface area contributed by atoms with Crippen LogP contribution < -0.4 is 5.73 Å². The Morgan fingerprint density at radius 3 is 2.54 bits per heavy atom. The molecule has 0 aliphatic carbocycles. The van der Waals surface area contributed by atoms with Gasteiger partial charge in [0.1, 0.15) is 11.5 Å². The van der Waals surface area contributed by atoms with Crippen molar-refractivity contribution < 1.29 is 8.78 Å². The number of hydrogen-bond acceptors (Lipinski definition) is 1. The van der Waals surface area contributed by atoms with Gasteiger partial charge >= 0.3 is 0 Å². The minimum absolute atomic E-state index is 0.0216. The predicted octanol–water partition coefficient (Wildman–Crippen LogP) is 2.74. The molecule has 0 unspecified atom stereocenters. The average molecular weight is 249 g/mol. The molecule has 5 heteroatoms. The smallest absolute Gasteiger partial charge is 0.151 e. The molecule has 1 aromatic rings. The first-order valence-corrected chi connectivity index (χ1v) is 4.25. The number of nitrogens with two attached hydrogens (primary N) is 1. The molecule has 0 amide bonds. The zero-order chi connectivity index (χ0) is 10.0. The summed E-state index contributed by atoms with van der Waals surface area (Å²) in [6.45, 7) is 1.52. The van der Waals surface area contributed by atoms with E-state index in [2.05, 4.69) is 20.9 Å². The summed E-state index contributed by atoms with van der Waals surface area (Å²) >= 11 is 2.92. The van der Waals surface area contributed by atoms with E-state index in [1.807, 2.05) is 0 Å². The van der Waals surface area contributed by atoms with Crippen molar-refractivity contribution >= 4 is 27.5 Å². The lowest BCUT2D eigenvalue weighted by atomic mass is 10.3. The van der Waals surface area contributed by atoms with Crippen LogP contribution in [0.15, 0.2) is 21.6 Å². The highest BCUT2D eigenvalue weighted by molar-refractivity contribution is 9.10. The maximum absolute atomic E-state index is 13.0. The van der Waals surface area contributed by atoms with E-state index in [0.717, 1.165) is 6.07 Å². The summed E-state index contributed by atoms with van der Waals surface area (Å²) in [5, 5.41) is 0. The normalized spacial score (nSPS) is 11.8. The topological polar surface area (TPSA) is 38.4 Å². The Balaban J connectivity index is 3.24. The van der Waals surface area contributed by atoms with Gasteiger partial charge in [-0.2, -0.15) is 0 Å². The van der Waals surface area contributed by atoms with Gasteiger partial charge in [0.2, 0.25) is 0 Å². The zero-order valence-electron chi connectivity index (χ0n) is 6.81. The molecule has 2 nitrogen and oxygen atoms in total. The van der Waals surface area contributed by atoms with Crippen molar-refractivity contribution in [1.82, 2.24) is 0 Å². The van der Waals surface area contributed by atoms with Crippen molar-refractivity contribution in [2.75, 3.05) is 0 Å². The van der Waals surface area contributed by atoms with Gasteiger partial charge in [-0.15, -0.1) is 0 Å². The quantitative estimate of drug-likeness (QED) is 0.464. The largest absolute Gasteiger partial charge is 0.387 e. The van der Waals surface area contributed by atoms with Crippen LogP contribution in [0, 0.1) is 11.6 Å². The maximum Gasteiger partial charge on any atom is 0.151 e. The van der Waals surface area contributed by atoms with Crippen LogP contribution in [0.25, 0.3) is 0 Å². The molecule has 0 atom stereocenters. The highest BCUT2D eigenvalue weighted by atomic mass is 79.9. The summed E-state index contributed by atoms with van der Waals surface area (Å²) in [6, 6.07) is 1.99. The van der Waals surface area contributed by atoms with E-state index in [4.69, 9.17) is 5.73 Å². The number of rotatable bonds is 1. The molecule has 0 bridgehead atoms. The summed E-state index contributed by atoms with van der Waals surface area (Å²) in [4.78, 5) is 3.68. The molecule has 0 saturated heterocycles. The molecule has 0 heterocycles. The Hall–Kier alpha value is -0.970. The van der Waals surface area contributed by atoms with Crippen molar-refractivity contribution in [3.8, 4) is 0 Å². The second-order valence-corrected chi connectivity index (χ2v) is 3.33. The molecule has 0 aromatic heterocycles. The third-order valence-electron chi connectivity index (χ3n) is 1.29. The third kappa shape index (κ3) is 2.48. The van der Waals surface area contributed by atoms with Crippen LogP contribution in [0.1, 0.15) is 6.92 Å². The Morgan fingerprint density at radius 1 is 1.38 bits per heavy atom. The molecule has 0 aliphatic heterocycles. The third-order valence-corrected chi connectivity index (χ3v) is 1.89. The SMILES string of the molecule is CC(N)=Nc1cc(Br)c(F)cc1F. The molecule has 0 aliphatic rings. The minimum Gasteiger partial charge on any atom is -0.387 e. The highest BCUT2D eigenvalue weighted by Gasteiger charge is 2.06. The molecule has 0 fully saturated rings. The van der Waals surface area contributed by atoms with E-state index in [0.29, 0.717) is 0 Å². The van der Waals surface area contributed by atoms with Gasteiger partial charge in [-0.3, -0.25) is 0 Å². The van der Waals surface area contributed by atoms with Crippen molar-refractivity contribution in [2.45, 2.75) is 6.92 Å². The number of benzene rings is 1. The number of hydrogen-bond donors (Lipinski definition) is 1. The highest BCUT2D eigenvalue weighted by Crippen LogP contribution is 2.25. The van der Waals surface area contributed by atoms with Crippen molar-refractivity contribution in [3.05, 3.63) is 28.2 Å². The molecule has 0 spiro atoms. The number of amidine groups is 1. The monoisotopic (exact) mass is 248 g/mol. The summed E-state index contributed by atoms with van der Waals surface area (Å²) in [5.41, 5.74) is 5.28. The van der Waals surface area contributed by atoms with Crippen LogP contribution >= 0.6 is 15.9 Å². The number of aliphatic imine (C=N–C) groups is 1. The van der Waals surface area contributed by atoms with Crippen LogP contribution in [-0.4, -0.2) is 5.84 Å². The van der Waals surface area contributed by atoms with E-state index in [1.165, 1.54) is 13.0 Å². The van der Waals surface area contributed by atoms with E-state index >= 15 is 0 Å². The van der Waals surface area contributed by atoms with Crippen LogP contribution in [0.3, 0.4) is 0 Å². The van der Waals surface area contributed by atoms with Crippen LogP contribution in [-0.2, 0) is 0 Å². The number of halogens is 3. The second kappa shape index (κ2) is 3.83. The van der Waals surface area contributed by atoms with Gasteiger partial charge in [0.15, 0.2) is 5.82 Å². The van der Waals surface area contributed by atoms with Crippen LogP contribution in [0.2, 0.25) is 0 Å². The van der Waals surface area contributed by atoms with E-state index in [-0.39, 0.29) is 16.0 Å². The van der Waals surface area contributed by atoms with Gasteiger partial charge in [-0.25, -0.2) is 13.8 Å². The Morgan fingerprint density at radius 2 is 2.00 bits per heavy atom. The fraction of sp³-hybridized carbons (Fsp3) is 0.125. The lowest BCUT2D eigenvalue weighted by Gasteiger charge is -1.99. The molecule has 0 saturated carbocycles. The minimum atomic E-state index is -0.731. The molecular weight excluding hydrogens is 242 g/mol. The average Bonchev–Trinajstić information content (AvgIpc) is 1.99. The first kappa shape index (κ1) is 10.1. The van der Waals surface area contributed by atoms with Crippen molar-refractivity contribution in [1.29, 1.82) is 0 Å². The Labute approximate surface area is 82.6 Å². The fourth-order valence-corrected chi connectivity index (χ4v) is 1.12. The fourth-order valence-electron chi connectivity index (χ4n) is 0.788. The summed E-state index contributed by atoms with van der Waals surface area (Å²) in [7, 11) is 0. The lowest BCUT2D eigenvalue weighted by molar-refractivity contribution is 0.580. The van der Waals surface area contributed by atoms with E-state index in [9.17, 15) is 8.78 Å². The Bertz CT molecular complexity index is 359. The summed E-state index contributed by atoms with van der Waals surface area (Å²) < 4.78 is 25.9. The van der Waals surface area contributed by atoms with Gasteiger partial charge in [-0.05, 0) is 28.9 Å². The molecule has 1 rings (SSSR count). The van der Waals surface area contributed by atoms with Gasteiger partial charge in [0, 0.05) is 6.07 Å². The van der Waals surface area contributed by atoms with Gasteiger partial charge in [0.25, 0.3) is 0 Å². The maximum atomic E-state index is 13.0. The summed E-state index contributed by atoms with van der Waals surface area (Å²) in [5.74, 6) is -1.17. The summed E-state index contributed by atoms with van der Waals surface area (Å²) in [6.07, 6.45) is 0. The molecule has 0 radical (unpaired) electrons. The first-order chi connectivity index (χ1) is 6.00. The van der Waals surface area contributed by atoms with Gasteiger partial charge < -0.3 is 5.73 Å².